The number of benzene rings is 1. The summed E-state index contributed by atoms with van der Waals surface area (Å²) in [6.07, 6.45) is 2.18. The van der Waals surface area contributed by atoms with E-state index < -0.39 is 11.9 Å². The maximum atomic E-state index is 11.1. The second-order valence-electron chi connectivity index (χ2n) is 5.22. The largest absolute Gasteiger partial charge is 0.490 e. The summed E-state index contributed by atoms with van der Waals surface area (Å²) in [5.74, 6) is -0.645. The fourth-order valence-corrected chi connectivity index (χ4v) is 2.36. The first-order chi connectivity index (χ1) is 9.08. The summed E-state index contributed by atoms with van der Waals surface area (Å²) >= 11 is 0. The lowest BCUT2D eigenvalue weighted by atomic mass is 10.00. The van der Waals surface area contributed by atoms with Gasteiger partial charge in [0.1, 0.15) is 11.9 Å². The second-order valence-corrected chi connectivity index (χ2v) is 5.22. The number of rotatable bonds is 4. The van der Waals surface area contributed by atoms with Crippen molar-refractivity contribution < 1.29 is 14.6 Å². The van der Waals surface area contributed by atoms with Crippen molar-refractivity contribution in [1.29, 1.82) is 0 Å². The van der Waals surface area contributed by atoms with Gasteiger partial charge in [-0.1, -0.05) is 18.2 Å². The molecule has 1 aromatic carbocycles. The summed E-state index contributed by atoms with van der Waals surface area (Å²) in [5, 5.41) is 9.14. The third-order valence-electron chi connectivity index (χ3n) is 3.72. The van der Waals surface area contributed by atoms with Gasteiger partial charge >= 0.3 is 5.97 Å². The molecule has 1 unspecified atom stereocenters. The number of carboxylic acid groups (broad SMARTS) is 1. The van der Waals surface area contributed by atoms with E-state index in [1.54, 1.807) is 6.92 Å². The van der Waals surface area contributed by atoms with Gasteiger partial charge in [-0.3, -0.25) is 4.79 Å². The molecule has 1 aliphatic heterocycles. The van der Waals surface area contributed by atoms with Crippen molar-refractivity contribution in [2.75, 3.05) is 20.1 Å². The van der Waals surface area contributed by atoms with Crippen LogP contribution in [0.4, 0.5) is 0 Å². The third-order valence-corrected chi connectivity index (χ3v) is 3.72. The van der Waals surface area contributed by atoms with E-state index in [9.17, 15) is 4.79 Å². The molecule has 2 rings (SSSR count). The number of piperidine rings is 1. The van der Waals surface area contributed by atoms with Crippen LogP contribution in [0.2, 0.25) is 0 Å². The predicted molar refractivity (Wildman–Crippen MR) is 73.6 cm³/mol. The van der Waals surface area contributed by atoms with Crippen LogP contribution in [0.3, 0.4) is 0 Å². The number of nitrogens with zero attached hydrogens (tertiary/aromatic N) is 1. The molecule has 104 valence electrons. The zero-order valence-electron chi connectivity index (χ0n) is 11.5. The summed E-state index contributed by atoms with van der Waals surface area (Å²) in [5.41, 5.74) is 0.758. The fraction of sp³-hybridized carbons (Fsp3) is 0.533. The molecule has 1 heterocycles. The first-order valence-electron chi connectivity index (χ1n) is 6.75. The van der Waals surface area contributed by atoms with Crippen LogP contribution in [-0.2, 0) is 4.79 Å². The molecule has 0 bridgehead atoms. The maximum absolute atomic E-state index is 11.1. The van der Waals surface area contributed by atoms with Gasteiger partial charge in [0.15, 0.2) is 0 Å². The fourth-order valence-electron chi connectivity index (χ4n) is 2.36. The van der Waals surface area contributed by atoms with Gasteiger partial charge in [0.05, 0.1) is 5.92 Å². The average molecular weight is 263 g/mol. The van der Waals surface area contributed by atoms with Crippen molar-refractivity contribution in [2.24, 2.45) is 0 Å². The van der Waals surface area contributed by atoms with Gasteiger partial charge in [0, 0.05) is 18.7 Å². The minimum absolute atomic E-state index is 0.193. The molecule has 0 radical (unpaired) electrons. The number of carboxylic acids is 1. The van der Waals surface area contributed by atoms with E-state index in [2.05, 4.69) is 11.9 Å². The SMILES string of the molecule is CC(C(=O)O)c1ccccc1OC1CCN(C)CC1. The lowest BCUT2D eigenvalue weighted by molar-refractivity contribution is -0.138. The van der Waals surface area contributed by atoms with E-state index >= 15 is 0 Å². The first kappa shape index (κ1) is 13.9. The van der Waals surface area contributed by atoms with Crippen LogP contribution < -0.4 is 4.74 Å². The van der Waals surface area contributed by atoms with Crippen LogP contribution >= 0.6 is 0 Å². The number of hydrogen-bond donors (Lipinski definition) is 1. The monoisotopic (exact) mass is 263 g/mol. The Bertz CT molecular complexity index is 439. The standard InChI is InChI=1S/C15H21NO3/c1-11(15(17)18)13-5-3-4-6-14(13)19-12-7-9-16(2)10-8-12/h3-6,11-12H,7-10H2,1-2H3,(H,17,18). The highest BCUT2D eigenvalue weighted by Gasteiger charge is 2.22. The van der Waals surface area contributed by atoms with Gasteiger partial charge in [-0.05, 0) is 32.9 Å². The topological polar surface area (TPSA) is 49.8 Å². The summed E-state index contributed by atoms with van der Waals surface area (Å²) in [4.78, 5) is 13.4. The Balaban J connectivity index is 2.09. The Morgan fingerprint density at radius 2 is 2.00 bits per heavy atom. The Kier molecular flexibility index (Phi) is 4.43. The smallest absolute Gasteiger partial charge is 0.310 e. The van der Waals surface area contributed by atoms with E-state index in [1.165, 1.54) is 0 Å². The summed E-state index contributed by atoms with van der Waals surface area (Å²) in [7, 11) is 2.11. The van der Waals surface area contributed by atoms with Crippen molar-refractivity contribution in [1.82, 2.24) is 4.90 Å². The van der Waals surface area contributed by atoms with Gasteiger partial charge in [0.25, 0.3) is 0 Å². The van der Waals surface area contributed by atoms with Gasteiger partial charge in [-0.15, -0.1) is 0 Å². The predicted octanol–water partition coefficient (Wildman–Crippen LogP) is 2.35. The zero-order chi connectivity index (χ0) is 13.8. The molecule has 0 aromatic heterocycles. The van der Waals surface area contributed by atoms with Gasteiger partial charge in [-0.2, -0.15) is 0 Å². The Hall–Kier alpha value is -1.55. The van der Waals surface area contributed by atoms with Crippen molar-refractivity contribution in [3.05, 3.63) is 29.8 Å². The normalized spacial score (nSPS) is 19.1. The molecule has 1 atom stereocenters. The highest BCUT2D eigenvalue weighted by Crippen LogP contribution is 2.29. The molecule has 1 aliphatic rings. The maximum Gasteiger partial charge on any atom is 0.310 e. The van der Waals surface area contributed by atoms with E-state index in [0.29, 0.717) is 5.75 Å². The molecule has 0 saturated carbocycles. The van der Waals surface area contributed by atoms with Gasteiger partial charge < -0.3 is 14.7 Å². The quantitative estimate of drug-likeness (QED) is 0.906. The van der Waals surface area contributed by atoms with Crippen molar-refractivity contribution in [3.8, 4) is 5.75 Å². The van der Waals surface area contributed by atoms with Crippen LogP contribution in [0.5, 0.6) is 5.75 Å². The van der Waals surface area contributed by atoms with Crippen molar-refractivity contribution in [2.45, 2.75) is 31.8 Å². The molecule has 19 heavy (non-hydrogen) atoms. The number of para-hydroxylation sites is 1. The molecule has 0 spiro atoms. The van der Waals surface area contributed by atoms with Crippen LogP contribution in [0.1, 0.15) is 31.2 Å². The summed E-state index contributed by atoms with van der Waals surface area (Å²) in [6, 6.07) is 7.45. The summed E-state index contributed by atoms with van der Waals surface area (Å²) < 4.78 is 6.02. The molecule has 4 heteroatoms. The van der Waals surface area contributed by atoms with E-state index in [1.807, 2.05) is 24.3 Å². The number of likely N-dealkylation sites (tertiary alicyclic amines) is 1. The number of aliphatic carboxylic acids is 1. The molecule has 1 fully saturated rings. The van der Waals surface area contributed by atoms with Gasteiger partial charge in [0.2, 0.25) is 0 Å². The minimum atomic E-state index is -0.820. The average Bonchev–Trinajstić information content (AvgIpc) is 2.41. The first-order valence-corrected chi connectivity index (χ1v) is 6.75. The Labute approximate surface area is 114 Å². The number of ether oxygens (including phenoxy) is 1. The Morgan fingerprint density at radius 1 is 1.37 bits per heavy atom. The molecular formula is C15H21NO3. The molecule has 1 saturated heterocycles. The minimum Gasteiger partial charge on any atom is -0.490 e. The van der Waals surface area contributed by atoms with Crippen molar-refractivity contribution in [3.63, 3.8) is 0 Å². The second kappa shape index (κ2) is 6.06. The molecule has 0 aliphatic carbocycles. The highest BCUT2D eigenvalue weighted by atomic mass is 16.5. The Morgan fingerprint density at radius 3 is 2.63 bits per heavy atom. The molecule has 1 aromatic rings. The van der Waals surface area contributed by atoms with Crippen LogP contribution in [0.25, 0.3) is 0 Å². The molecule has 4 nitrogen and oxygen atoms in total. The van der Waals surface area contributed by atoms with Crippen LogP contribution in [0.15, 0.2) is 24.3 Å². The summed E-state index contributed by atoms with van der Waals surface area (Å²) in [6.45, 7) is 3.75. The van der Waals surface area contributed by atoms with E-state index in [0.717, 1.165) is 31.5 Å². The number of hydrogen-bond acceptors (Lipinski definition) is 3. The molecule has 0 amide bonds. The molecule has 1 N–H and O–H groups in total. The van der Waals surface area contributed by atoms with Crippen LogP contribution in [0, 0.1) is 0 Å². The highest BCUT2D eigenvalue weighted by molar-refractivity contribution is 5.76. The third kappa shape index (κ3) is 3.47. The van der Waals surface area contributed by atoms with Gasteiger partial charge in [-0.25, -0.2) is 0 Å². The molecular weight excluding hydrogens is 242 g/mol. The van der Waals surface area contributed by atoms with Crippen molar-refractivity contribution >= 4 is 5.97 Å². The van der Waals surface area contributed by atoms with Crippen LogP contribution in [-0.4, -0.2) is 42.2 Å². The van der Waals surface area contributed by atoms with E-state index in [-0.39, 0.29) is 6.10 Å². The number of carbonyl (C=O) groups is 1. The van der Waals surface area contributed by atoms with E-state index in [4.69, 9.17) is 9.84 Å². The lowest BCUT2D eigenvalue weighted by Crippen LogP contribution is -2.35. The zero-order valence-corrected chi connectivity index (χ0v) is 11.5. The lowest BCUT2D eigenvalue weighted by Gasteiger charge is -2.30.